The number of anilines is 1. The number of carbonyl (C=O) groups excluding carboxylic acids is 1. The quantitative estimate of drug-likeness (QED) is 0.591. The maximum Gasteiger partial charge on any atom is 0.262 e. The van der Waals surface area contributed by atoms with Gasteiger partial charge in [0.15, 0.2) is 6.61 Å². The van der Waals surface area contributed by atoms with E-state index >= 15 is 0 Å². The number of nitrogens with zero attached hydrogens (tertiary/aromatic N) is 1. The van der Waals surface area contributed by atoms with Crippen LogP contribution in [0.1, 0.15) is 22.3 Å². The van der Waals surface area contributed by atoms with Gasteiger partial charge in [-0.15, -0.1) is 0 Å². The van der Waals surface area contributed by atoms with Crippen LogP contribution < -0.4 is 10.1 Å². The number of nitrogens with one attached hydrogen (secondary N) is 1. The van der Waals surface area contributed by atoms with E-state index in [1.54, 1.807) is 6.21 Å². The van der Waals surface area contributed by atoms with Crippen molar-refractivity contribution >= 4 is 23.5 Å². The normalized spacial score (nSPS) is 10.8. The lowest BCUT2D eigenvalue weighted by Gasteiger charge is -2.10. The third-order valence-electron chi connectivity index (χ3n) is 4.27. The van der Waals surface area contributed by atoms with Gasteiger partial charge in [0, 0.05) is 17.5 Å². The Morgan fingerprint density at radius 2 is 1.75 bits per heavy atom. The second-order valence-corrected chi connectivity index (χ2v) is 6.79. The van der Waals surface area contributed by atoms with E-state index in [1.165, 1.54) is 5.56 Å². The van der Waals surface area contributed by atoms with Gasteiger partial charge in [-0.25, -0.2) is 0 Å². The number of carbonyl (C=O) groups is 1. The van der Waals surface area contributed by atoms with Gasteiger partial charge in [0.2, 0.25) is 0 Å². The zero-order valence-electron chi connectivity index (χ0n) is 16.4. The minimum absolute atomic E-state index is 0.0671. The molecule has 28 heavy (non-hydrogen) atoms. The molecule has 4 nitrogen and oxygen atoms in total. The molecule has 0 aliphatic rings. The molecule has 1 N–H and O–H groups in total. The van der Waals surface area contributed by atoms with Crippen LogP contribution in [-0.2, 0) is 4.79 Å². The molecule has 0 saturated heterocycles. The minimum Gasteiger partial charge on any atom is -0.483 e. The van der Waals surface area contributed by atoms with Crippen LogP contribution in [0.5, 0.6) is 5.75 Å². The van der Waals surface area contributed by atoms with E-state index in [9.17, 15) is 4.79 Å². The molecule has 142 valence electrons. The van der Waals surface area contributed by atoms with Gasteiger partial charge in [0.05, 0.1) is 5.69 Å². The van der Waals surface area contributed by atoms with Gasteiger partial charge in [-0.2, -0.15) is 0 Å². The molecule has 0 aliphatic carbocycles. The first-order chi connectivity index (χ1) is 13.5. The molecule has 0 saturated carbocycles. The van der Waals surface area contributed by atoms with Crippen molar-refractivity contribution in [2.45, 2.75) is 20.8 Å². The lowest BCUT2D eigenvalue weighted by atomic mass is 10.1. The SMILES string of the molecule is Cc1cccc(NC(=O)COc2ccccc2C=Nc2ccc(C)cc2C)c1. The van der Waals surface area contributed by atoms with Crippen LogP contribution in [0.25, 0.3) is 0 Å². The molecule has 0 aromatic heterocycles. The number of aliphatic imine (C=N–C) groups is 1. The summed E-state index contributed by atoms with van der Waals surface area (Å²) < 4.78 is 5.74. The van der Waals surface area contributed by atoms with Gasteiger partial charge in [0.1, 0.15) is 5.75 Å². The van der Waals surface area contributed by atoms with E-state index in [1.807, 2.05) is 74.5 Å². The first-order valence-corrected chi connectivity index (χ1v) is 9.21. The molecule has 3 rings (SSSR count). The summed E-state index contributed by atoms with van der Waals surface area (Å²) in [7, 11) is 0. The second kappa shape index (κ2) is 9.00. The van der Waals surface area contributed by atoms with E-state index < -0.39 is 0 Å². The Kier molecular flexibility index (Phi) is 6.22. The van der Waals surface area contributed by atoms with Crippen LogP contribution in [0.15, 0.2) is 71.7 Å². The molecule has 3 aromatic carbocycles. The lowest BCUT2D eigenvalue weighted by molar-refractivity contribution is -0.118. The van der Waals surface area contributed by atoms with E-state index in [0.29, 0.717) is 5.75 Å². The molecule has 0 atom stereocenters. The molecular formula is C24H24N2O2. The highest BCUT2D eigenvalue weighted by atomic mass is 16.5. The predicted molar refractivity (Wildman–Crippen MR) is 115 cm³/mol. The van der Waals surface area contributed by atoms with Crippen LogP contribution >= 0.6 is 0 Å². The smallest absolute Gasteiger partial charge is 0.262 e. The molecule has 0 spiro atoms. The molecule has 0 heterocycles. The fourth-order valence-corrected chi connectivity index (χ4v) is 2.87. The Morgan fingerprint density at radius 1 is 0.964 bits per heavy atom. The monoisotopic (exact) mass is 372 g/mol. The Labute approximate surface area is 165 Å². The second-order valence-electron chi connectivity index (χ2n) is 6.79. The highest BCUT2D eigenvalue weighted by molar-refractivity contribution is 5.92. The summed E-state index contributed by atoms with van der Waals surface area (Å²) in [6, 6.07) is 21.4. The lowest BCUT2D eigenvalue weighted by Crippen LogP contribution is -2.20. The van der Waals surface area contributed by atoms with Crippen LogP contribution in [0.4, 0.5) is 11.4 Å². The summed E-state index contributed by atoms with van der Waals surface area (Å²) in [4.78, 5) is 16.8. The molecule has 0 fully saturated rings. The molecular weight excluding hydrogens is 348 g/mol. The fraction of sp³-hybridized carbons (Fsp3) is 0.167. The number of rotatable bonds is 6. The Hall–Kier alpha value is -3.40. The van der Waals surface area contributed by atoms with Crippen molar-refractivity contribution in [2.24, 2.45) is 4.99 Å². The third kappa shape index (κ3) is 5.30. The van der Waals surface area contributed by atoms with Gasteiger partial charge in [-0.1, -0.05) is 42.0 Å². The van der Waals surface area contributed by atoms with Crippen LogP contribution in [-0.4, -0.2) is 18.7 Å². The van der Waals surface area contributed by atoms with Crippen molar-refractivity contribution in [3.8, 4) is 5.75 Å². The van der Waals surface area contributed by atoms with Crippen molar-refractivity contribution < 1.29 is 9.53 Å². The van der Waals surface area contributed by atoms with Gasteiger partial charge in [-0.05, 0) is 62.2 Å². The van der Waals surface area contributed by atoms with Crippen molar-refractivity contribution in [2.75, 3.05) is 11.9 Å². The van der Waals surface area contributed by atoms with Gasteiger partial charge >= 0.3 is 0 Å². The summed E-state index contributed by atoms with van der Waals surface area (Å²) in [5.74, 6) is 0.419. The van der Waals surface area contributed by atoms with E-state index in [0.717, 1.165) is 28.1 Å². The summed E-state index contributed by atoms with van der Waals surface area (Å²) in [5, 5.41) is 2.85. The summed E-state index contributed by atoms with van der Waals surface area (Å²) in [6.07, 6.45) is 1.77. The van der Waals surface area contributed by atoms with Crippen LogP contribution in [0, 0.1) is 20.8 Å². The summed E-state index contributed by atoms with van der Waals surface area (Å²) in [6.45, 7) is 6.02. The molecule has 0 radical (unpaired) electrons. The van der Waals surface area contributed by atoms with Gasteiger partial charge in [-0.3, -0.25) is 9.79 Å². The highest BCUT2D eigenvalue weighted by Crippen LogP contribution is 2.21. The van der Waals surface area contributed by atoms with E-state index in [4.69, 9.17) is 4.74 Å². The van der Waals surface area contributed by atoms with Gasteiger partial charge < -0.3 is 10.1 Å². The Balaban J connectivity index is 1.66. The number of aryl methyl sites for hydroxylation is 3. The van der Waals surface area contributed by atoms with Crippen LogP contribution in [0.3, 0.4) is 0 Å². The highest BCUT2D eigenvalue weighted by Gasteiger charge is 2.07. The average molecular weight is 372 g/mol. The average Bonchev–Trinajstić information content (AvgIpc) is 2.66. The maximum atomic E-state index is 12.2. The first-order valence-electron chi connectivity index (χ1n) is 9.21. The Morgan fingerprint density at radius 3 is 2.54 bits per heavy atom. The molecule has 4 heteroatoms. The third-order valence-corrected chi connectivity index (χ3v) is 4.27. The summed E-state index contributed by atoms with van der Waals surface area (Å²) >= 11 is 0. The molecule has 3 aromatic rings. The van der Waals surface area contributed by atoms with Crippen molar-refractivity contribution in [3.63, 3.8) is 0 Å². The number of amides is 1. The van der Waals surface area contributed by atoms with E-state index in [2.05, 4.69) is 23.3 Å². The minimum atomic E-state index is -0.202. The first kappa shape index (κ1) is 19.4. The topological polar surface area (TPSA) is 50.7 Å². The zero-order valence-corrected chi connectivity index (χ0v) is 16.4. The standard InChI is InChI=1S/C24H24N2O2/c1-17-7-6-9-21(14-17)26-24(27)16-28-23-10-5-4-8-20(23)15-25-22-12-11-18(2)13-19(22)3/h4-15H,16H2,1-3H3,(H,26,27). The van der Waals surface area contributed by atoms with Crippen LogP contribution in [0.2, 0.25) is 0 Å². The van der Waals surface area contributed by atoms with Gasteiger partial charge in [0.25, 0.3) is 5.91 Å². The number of benzene rings is 3. The molecule has 0 bridgehead atoms. The van der Waals surface area contributed by atoms with E-state index in [-0.39, 0.29) is 12.5 Å². The zero-order chi connectivity index (χ0) is 19.9. The Bertz CT molecular complexity index is 1010. The van der Waals surface area contributed by atoms with Crippen molar-refractivity contribution in [1.29, 1.82) is 0 Å². The van der Waals surface area contributed by atoms with Crippen molar-refractivity contribution in [1.82, 2.24) is 0 Å². The fourth-order valence-electron chi connectivity index (χ4n) is 2.87. The predicted octanol–water partition coefficient (Wildman–Crippen LogP) is 5.38. The number of hydrogen-bond acceptors (Lipinski definition) is 3. The number of hydrogen-bond donors (Lipinski definition) is 1. The molecule has 1 amide bonds. The number of ether oxygens (including phenoxy) is 1. The number of para-hydroxylation sites is 1. The molecule has 0 unspecified atom stereocenters. The summed E-state index contributed by atoms with van der Waals surface area (Å²) in [5.41, 5.74) is 5.92. The largest absolute Gasteiger partial charge is 0.483 e. The molecule has 0 aliphatic heterocycles. The van der Waals surface area contributed by atoms with Crippen molar-refractivity contribution in [3.05, 3.63) is 89.0 Å². The maximum absolute atomic E-state index is 12.2.